The molecular weight excluding hydrogens is 232 g/mol. The Labute approximate surface area is 115 Å². The lowest BCUT2D eigenvalue weighted by Crippen LogP contribution is -2.11. The third-order valence-electron chi connectivity index (χ3n) is 3.74. The highest BCUT2D eigenvalue weighted by atomic mass is 16.1. The maximum atomic E-state index is 12.6. The van der Waals surface area contributed by atoms with Crippen LogP contribution < -0.4 is 0 Å². The number of unbranched alkanes of at least 4 members (excludes halogenated alkanes) is 2. The first-order valence-electron chi connectivity index (χ1n) is 7.26. The molecule has 100 valence electrons. The van der Waals surface area contributed by atoms with Crippen molar-refractivity contribution in [3.63, 3.8) is 0 Å². The molecule has 0 aliphatic carbocycles. The van der Waals surface area contributed by atoms with E-state index in [1.807, 2.05) is 30.3 Å². The van der Waals surface area contributed by atoms with Crippen molar-refractivity contribution in [3.05, 3.63) is 48.0 Å². The van der Waals surface area contributed by atoms with Crippen LogP contribution in [0.4, 0.5) is 0 Å². The first-order valence-corrected chi connectivity index (χ1v) is 7.26. The SMILES string of the molecule is CCCCCC(C)C(=O)c1cccc2ccccc12. The lowest BCUT2D eigenvalue weighted by atomic mass is 9.91. The minimum atomic E-state index is 0.123. The smallest absolute Gasteiger partial charge is 0.166 e. The fraction of sp³-hybridized carbons (Fsp3) is 0.389. The Morgan fingerprint density at radius 1 is 1.05 bits per heavy atom. The lowest BCUT2D eigenvalue weighted by molar-refractivity contribution is 0.0924. The van der Waals surface area contributed by atoms with Gasteiger partial charge in [-0.1, -0.05) is 75.6 Å². The molecule has 1 unspecified atom stereocenters. The molecule has 2 aromatic rings. The summed E-state index contributed by atoms with van der Waals surface area (Å²) in [4.78, 5) is 12.6. The summed E-state index contributed by atoms with van der Waals surface area (Å²) in [6.07, 6.45) is 4.56. The molecule has 1 nitrogen and oxygen atoms in total. The Balaban J connectivity index is 2.21. The molecule has 0 bridgehead atoms. The van der Waals surface area contributed by atoms with Crippen molar-refractivity contribution in [2.75, 3.05) is 0 Å². The summed E-state index contributed by atoms with van der Waals surface area (Å²) in [6.45, 7) is 4.25. The van der Waals surface area contributed by atoms with Crippen LogP contribution in [0.15, 0.2) is 42.5 Å². The van der Waals surface area contributed by atoms with Crippen LogP contribution in [0.2, 0.25) is 0 Å². The van der Waals surface area contributed by atoms with Gasteiger partial charge >= 0.3 is 0 Å². The van der Waals surface area contributed by atoms with Crippen molar-refractivity contribution < 1.29 is 4.79 Å². The molecule has 0 aliphatic rings. The predicted molar refractivity (Wildman–Crippen MR) is 81.6 cm³/mol. The molecule has 0 heterocycles. The number of hydrogen-bond acceptors (Lipinski definition) is 1. The van der Waals surface area contributed by atoms with E-state index in [0.29, 0.717) is 0 Å². The van der Waals surface area contributed by atoms with Crippen LogP contribution in [0.1, 0.15) is 49.9 Å². The highest BCUT2D eigenvalue weighted by Crippen LogP contribution is 2.23. The number of carbonyl (C=O) groups excluding carboxylic acids is 1. The van der Waals surface area contributed by atoms with Crippen molar-refractivity contribution in [1.29, 1.82) is 0 Å². The molecule has 19 heavy (non-hydrogen) atoms. The number of carbonyl (C=O) groups is 1. The highest BCUT2D eigenvalue weighted by Gasteiger charge is 2.16. The Kier molecular flexibility index (Phi) is 4.73. The largest absolute Gasteiger partial charge is 0.294 e. The van der Waals surface area contributed by atoms with E-state index >= 15 is 0 Å². The van der Waals surface area contributed by atoms with Crippen LogP contribution in [0.5, 0.6) is 0 Å². The average molecular weight is 254 g/mol. The second-order valence-corrected chi connectivity index (χ2v) is 5.29. The summed E-state index contributed by atoms with van der Waals surface area (Å²) in [5.74, 6) is 0.408. The molecule has 2 rings (SSSR count). The van der Waals surface area contributed by atoms with Crippen LogP contribution in [0.3, 0.4) is 0 Å². The van der Waals surface area contributed by atoms with Gasteiger partial charge in [0.25, 0.3) is 0 Å². The Bertz CT molecular complexity index is 551. The quantitative estimate of drug-likeness (QED) is 0.509. The van der Waals surface area contributed by atoms with Crippen molar-refractivity contribution in [1.82, 2.24) is 0 Å². The molecule has 0 radical (unpaired) electrons. The zero-order chi connectivity index (χ0) is 13.7. The average Bonchev–Trinajstić information content (AvgIpc) is 2.46. The first kappa shape index (κ1) is 13.8. The van der Waals surface area contributed by atoms with Crippen molar-refractivity contribution in [2.45, 2.75) is 39.5 Å². The molecule has 2 aromatic carbocycles. The summed E-state index contributed by atoms with van der Waals surface area (Å²) >= 11 is 0. The molecule has 0 saturated heterocycles. The Morgan fingerprint density at radius 2 is 1.79 bits per heavy atom. The van der Waals surface area contributed by atoms with E-state index < -0.39 is 0 Å². The van der Waals surface area contributed by atoms with Gasteiger partial charge in [-0.2, -0.15) is 0 Å². The number of benzene rings is 2. The molecule has 0 N–H and O–H groups in total. The van der Waals surface area contributed by atoms with E-state index in [9.17, 15) is 4.79 Å². The van der Waals surface area contributed by atoms with Gasteiger partial charge in [0, 0.05) is 11.5 Å². The summed E-state index contributed by atoms with van der Waals surface area (Å²) in [6, 6.07) is 14.1. The van der Waals surface area contributed by atoms with E-state index in [1.165, 1.54) is 12.8 Å². The van der Waals surface area contributed by atoms with E-state index in [4.69, 9.17) is 0 Å². The molecule has 1 atom stereocenters. The molecule has 0 aromatic heterocycles. The predicted octanol–water partition coefficient (Wildman–Crippen LogP) is 5.24. The van der Waals surface area contributed by atoms with Crippen LogP contribution in [0.25, 0.3) is 10.8 Å². The third-order valence-corrected chi connectivity index (χ3v) is 3.74. The summed E-state index contributed by atoms with van der Waals surface area (Å²) in [7, 11) is 0. The van der Waals surface area contributed by atoms with Gasteiger partial charge in [-0.3, -0.25) is 4.79 Å². The van der Waals surface area contributed by atoms with Gasteiger partial charge in [0.1, 0.15) is 0 Å². The lowest BCUT2D eigenvalue weighted by Gasteiger charge is -2.12. The van der Waals surface area contributed by atoms with Gasteiger partial charge in [0.15, 0.2) is 5.78 Å². The summed E-state index contributed by atoms with van der Waals surface area (Å²) < 4.78 is 0. The van der Waals surface area contributed by atoms with Gasteiger partial charge in [0.2, 0.25) is 0 Å². The van der Waals surface area contributed by atoms with Crippen molar-refractivity contribution in [3.8, 4) is 0 Å². The Hall–Kier alpha value is -1.63. The van der Waals surface area contributed by atoms with Gasteiger partial charge in [-0.25, -0.2) is 0 Å². The highest BCUT2D eigenvalue weighted by molar-refractivity contribution is 6.08. The number of Topliss-reactive ketones (excluding diaryl/α,β-unsaturated/α-hetero) is 1. The molecule has 1 heteroatoms. The maximum Gasteiger partial charge on any atom is 0.166 e. The van der Waals surface area contributed by atoms with Crippen LogP contribution >= 0.6 is 0 Å². The van der Waals surface area contributed by atoms with E-state index in [0.717, 1.165) is 29.2 Å². The Morgan fingerprint density at radius 3 is 2.58 bits per heavy atom. The molecule has 0 spiro atoms. The summed E-state index contributed by atoms with van der Waals surface area (Å²) in [5.41, 5.74) is 0.877. The maximum absolute atomic E-state index is 12.6. The van der Waals surface area contributed by atoms with E-state index in [1.54, 1.807) is 0 Å². The topological polar surface area (TPSA) is 17.1 Å². The molecule has 0 fully saturated rings. The van der Waals surface area contributed by atoms with Crippen LogP contribution in [-0.4, -0.2) is 5.78 Å². The van der Waals surface area contributed by atoms with Gasteiger partial charge in [0.05, 0.1) is 0 Å². The number of rotatable bonds is 6. The van der Waals surface area contributed by atoms with Crippen molar-refractivity contribution >= 4 is 16.6 Å². The van der Waals surface area contributed by atoms with Gasteiger partial charge in [-0.05, 0) is 17.2 Å². The monoisotopic (exact) mass is 254 g/mol. The molecular formula is C18H22O. The molecule has 0 amide bonds. The molecule has 0 saturated carbocycles. The second-order valence-electron chi connectivity index (χ2n) is 5.29. The standard InChI is InChI=1S/C18H22O/c1-3-4-5-9-14(2)18(19)17-13-8-11-15-10-6-7-12-16(15)17/h6-8,10-14H,3-5,9H2,1-2H3. The zero-order valence-corrected chi connectivity index (χ0v) is 11.9. The van der Waals surface area contributed by atoms with Crippen molar-refractivity contribution in [2.24, 2.45) is 5.92 Å². The minimum Gasteiger partial charge on any atom is -0.294 e. The fourth-order valence-corrected chi connectivity index (χ4v) is 2.54. The number of fused-ring (bicyclic) bond motifs is 1. The zero-order valence-electron chi connectivity index (χ0n) is 11.9. The van der Waals surface area contributed by atoms with Gasteiger partial charge < -0.3 is 0 Å². The van der Waals surface area contributed by atoms with E-state index in [-0.39, 0.29) is 11.7 Å². The fourth-order valence-electron chi connectivity index (χ4n) is 2.54. The number of ketones is 1. The number of hydrogen-bond donors (Lipinski definition) is 0. The summed E-state index contributed by atoms with van der Waals surface area (Å²) in [5, 5.41) is 2.23. The normalized spacial score (nSPS) is 12.5. The van der Waals surface area contributed by atoms with Gasteiger partial charge in [-0.15, -0.1) is 0 Å². The van der Waals surface area contributed by atoms with Crippen LogP contribution in [-0.2, 0) is 0 Å². The minimum absolute atomic E-state index is 0.123. The van der Waals surface area contributed by atoms with E-state index in [2.05, 4.69) is 26.0 Å². The molecule has 0 aliphatic heterocycles. The third kappa shape index (κ3) is 3.23. The second kappa shape index (κ2) is 6.51. The van der Waals surface area contributed by atoms with Crippen LogP contribution in [0, 0.1) is 5.92 Å². The first-order chi connectivity index (χ1) is 9.24.